The van der Waals surface area contributed by atoms with Crippen molar-refractivity contribution < 1.29 is 0 Å². The van der Waals surface area contributed by atoms with Crippen LogP contribution in [0.2, 0.25) is 0 Å². The molecule has 11 rings (SSSR count). The van der Waals surface area contributed by atoms with Crippen LogP contribution in [0.4, 0.5) is 0 Å². The first kappa shape index (κ1) is 22.8. The molecule has 0 unspecified atom stereocenters. The fourth-order valence-electron chi connectivity index (χ4n) is 8.78. The minimum Gasteiger partial charge on any atom is -0.305 e. The molecule has 3 nitrogen and oxygen atoms in total. The van der Waals surface area contributed by atoms with Crippen molar-refractivity contribution in [1.29, 1.82) is 0 Å². The zero-order valence-corrected chi connectivity index (χ0v) is 23.6. The van der Waals surface area contributed by atoms with Gasteiger partial charge in [-0.2, -0.15) is 0 Å². The van der Waals surface area contributed by atoms with E-state index in [-0.39, 0.29) is 5.41 Å². The number of rotatable bonds is 1. The number of pyridine rings is 2. The first-order chi connectivity index (χ1) is 21.9. The van der Waals surface area contributed by atoms with Crippen LogP contribution in [0.25, 0.3) is 71.5 Å². The van der Waals surface area contributed by atoms with Gasteiger partial charge in [0, 0.05) is 33.9 Å². The van der Waals surface area contributed by atoms with Gasteiger partial charge in [-0.25, -0.2) is 0 Å². The lowest BCUT2D eigenvalue weighted by molar-refractivity contribution is 0.794. The number of fused-ring (bicyclic) bond motifs is 16. The molecule has 2 aliphatic rings. The van der Waals surface area contributed by atoms with E-state index in [1.54, 1.807) is 0 Å². The van der Waals surface area contributed by atoms with Crippen LogP contribution >= 0.6 is 0 Å². The van der Waals surface area contributed by atoms with Crippen LogP contribution in [0.1, 0.15) is 22.3 Å². The summed E-state index contributed by atoms with van der Waals surface area (Å²) in [5.41, 5.74) is 16.4. The molecule has 0 N–H and O–H groups in total. The van der Waals surface area contributed by atoms with Crippen LogP contribution in [-0.2, 0) is 5.41 Å². The van der Waals surface area contributed by atoms with E-state index < -0.39 is 0 Å². The Morgan fingerprint density at radius 1 is 0.455 bits per heavy atom. The van der Waals surface area contributed by atoms with Crippen molar-refractivity contribution in [1.82, 2.24) is 14.4 Å². The van der Waals surface area contributed by atoms with Gasteiger partial charge in [0.2, 0.25) is 0 Å². The fraction of sp³-hybridized carbons (Fsp3) is 0.0244. The summed E-state index contributed by atoms with van der Waals surface area (Å²) in [5.74, 6) is 0. The molecule has 5 aromatic carbocycles. The maximum Gasteiger partial charge on any atom is 0.0725 e. The van der Waals surface area contributed by atoms with E-state index >= 15 is 0 Å². The molecule has 0 fully saturated rings. The standard InChI is InChI=1S/C41H23N3/c1-4-12-33-26(8-1)27-9-2-5-13-34(27)41(33)35-14-6-3-10-30(35)39-25(11-7-15-36(39)41)24-20-31-28-16-18-42-22-37(28)44-38-23-43-19-17-29(38)32(21-24)40(31)44/h1-23H. The van der Waals surface area contributed by atoms with E-state index in [0.717, 1.165) is 11.0 Å². The summed E-state index contributed by atoms with van der Waals surface area (Å²) in [6, 6.07) is 43.1. The molecular formula is C41H23N3. The zero-order chi connectivity index (χ0) is 28.6. The van der Waals surface area contributed by atoms with Crippen LogP contribution in [0.5, 0.6) is 0 Å². The van der Waals surface area contributed by atoms with E-state index in [2.05, 4.69) is 130 Å². The molecule has 0 radical (unpaired) electrons. The van der Waals surface area contributed by atoms with Crippen LogP contribution in [-0.4, -0.2) is 14.4 Å². The summed E-state index contributed by atoms with van der Waals surface area (Å²) in [6.07, 6.45) is 7.77. The Morgan fingerprint density at radius 2 is 0.955 bits per heavy atom. The van der Waals surface area contributed by atoms with Crippen molar-refractivity contribution >= 4 is 38.1 Å². The molecule has 0 atom stereocenters. The maximum atomic E-state index is 4.50. The highest BCUT2D eigenvalue weighted by Crippen LogP contribution is 2.64. The SMILES string of the molecule is c1ccc2c(c1)-c1ccccc1C21c2ccccc2-c2c(-c3cc4c5ccncc5n5c6cnccc6c(c3)c45)cccc21. The van der Waals surface area contributed by atoms with Gasteiger partial charge >= 0.3 is 0 Å². The second-order valence-corrected chi connectivity index (χ2v) is 12.2. The molecule has 0 bridgehead atoms. The number of hydrogen-bond donors (Lipinski definition) is 0. The predicted octanol–water partition coefficient (Wildman–Crippen LogP) is 9.64. The van der Waals surface area contributed by atoms with Crippen molar-refractivity contribution in [3.8, 4) is 33.4 Å². The second kappa shape index (κ2) is 7.77. The second-order valence-electron chi connectivity index (χ2n) is 12.2. The molecule has 44 heavy (non-hydrogen) atoms. The Hall–Kier alpha value is -5.80. The van der Waals surface area contributed by atoms with Gasteiger partial charge in [-0.15, -0.1) is 0 Å². The van der Waals surface area contributed by atoms with Crippen molar-refractivity contribution in [3.05, 3.63) is 162 Å². The molecule has 3 heteroatoms. The lowest BCUT2D eigenvalue weighted by atomic mass is 9.70. The van der Waals surface area contributed by atoms with E-state index in [9.17, 15) is 0 Å². The van der Waals surface area contributed by atoms with E-state index in [1.165, 1.54) is 82.7 Å². The van der Waals surface area contributed by atoms with Gasteiger partial charge in [0.25, 0.3) is 0 Å². The summed E-state index contributed by atoms with van der Waals surface area (Å²) in [4.78, 5) is 9.00. The molecule has 1 spiro atoms. The van der Waals surface area contributed by atoms with Gasteiger partial charge in [-0.3, -0.25) is 9.97 Å². The highest BCUT2D eigenvalue weighted by Gasteiger charge is 2.51. The lowest BCUT2D eigenvalue weighted by Crippen LogP contribution is -2.25. The molecule has 0 saturated heterocycles. The van der Waals surface area contributed by atoms with Gasteiger partial charge < -0.3 is 4.40 Å². The number of aromatic nitrogens is 3. The van der Waals surface area contributed by atoms with Gasteiger partial charge in [0.1, 0.15) is 0 Å². The first-order valence-electron chi connectivity index (χ1n) is 15.2. The Balaban J connectivity index is 1.30. The Kier molecular flexibility index (Phi) is 4.02. The van der Waals surface area contributed by atoms with Crippen molar-refractivity contribution in [3.63, 3.8) is 0 Å². The third-order valence-corrected chi connectivity index (χ3v) is 10.3. The van der Waals surface area contributed by atoms with E-state index in [4.69, 9.17) is 0 Å². The smallest absolute Gasteiger partial charge is 0.0725 e. The molecule has 0 amide bonds. The average Bonchev–Trinajstić information content (AvgIpc) is 3.79. The quantitative estimate of drug-likeness (QED) is 0.201. The molecular weight excluding hydrogens is 534 g/mol. The molecule has 0 aliphatic heterocycles. The predicted molar refractivity (Wildman–Crippen MR) is 178 cm³/mol. The van der Waals surface area contributed by atoms with E-state index in [0.29, 0.717) is 0 Å². The molecule has 4 heterocycles. The normalized spacial score (nSPS) is 14.1. The number of hydrogen-bond acceptors (Lipinski definition) is 2. The monoisotopic (exact) mass is 557 g/mol. The van der Waals surface area contributed by atoms with Crippen LogP contribution < -0.4 is 0 Å². The molecule has 4 aromatic heterocycles. The largest absolute Gasteiger partial charge is 0.305 e. The molecule has 0 saturated carbocycles. The third kappa shape index (κ3) is 2.45. The Bertz CT molecular complexity index is 2550. The minimum absolute atomic E-state index is 0.351. The first-order valence-corrected chi connectivity index (χ1v) is 15.2. The van der Waals surface area contributed by atoms with Crippen LogP contribution in [0.3, 0.4) is 0 Å². The fourth-order valence-corrected chi connectivity index (χ4v) is 8.78. The Labute approximate surface area is 253 Å². The zero-order valence-electron chi connectivity index (χ0n) is 23.6. The average molecular weight is 558 g/mol. The van der Waals surface area contributed by atoms with Gasteiger partial charge in [-0.05, 0) is 79.9 Å². The van der Waals surface area contributed by atoms with E-state index in [1.807, 2.05) is 24.8 Å². The highest BCUT2D eigenvalue weighted by atomic mass is 14.9. The van der Waals surface area contributed by atoms with Gasteiger partial charge in [-0.1, -0.05) is 91.0 Å². The van der Waals surface area contributed by atoms with Crippen molar-refractivity contribution in [2.24, 2.45) is 0 Å². The summed E-state index contributed by atoms with van der Waals surface area (Å²) in [7, 11) is 0. The topological polar surface area (TPSA) is 30.2 Å². The van der Waals surface area contributed by atoms with Crippen molar-refractivity contribution in [2.45, 2.75) is 5.41 Å². The van der Waals surface area contributed by atoms with Gasteiger partial charge in [0.15, 0.2) is 0 Å². The highest BCUT2D eigenvalue weighted by molar-refractivity contribution is 6.24. The summed E-state index contributed by atoms with van der Waals surface area (Å²) >= 11 is 0. The van der Waals surface area contributed by atoms with Crippen LogP contribution in [0.15, 0.2) is 140 Å². The van der Waals surface area contributed by atoms with Crippen LogP contribution in [0, 0.1) is 0 Å². The molecule has 202 valence electrons. The lowest BCUT2D eigenvalue weighted by Gasteiger charge is -2.30. The minimum atomic E-state index is -0.351. The number of nitrogens with zero attached hydrogens (tertiary/aromatic N) is 3. The number of benzene rings is 5. The molecule has 2 aliphatic carbocycles. The summed E-state index contributed by atoms with van der Waals surface area (Å²) < 4.78 is 2.34. The molecule has 9 aromatic rings. The summed E-state index contributed by atoms with van der Waals surface area (Å²) in [5, 5.41) is 4.94. The maximum absolute atomic E-state index is 4.50. The third-order valence-electron chi connectivity index (χ3n) is 10.3. The summed E-state index contributed by atoms with van der Waals surface area (Å²) in [6.45, 7) is 0. The van der Waals surface area contributed by atoms with Gasteiger partial charge in [0.05, 0.1) is 34.4 Å². The van der Waals surface area contributed by atoms with Crippen molar-refractivity contribution in [2.75, 3.05) is 0 Å². The Morgan fingerprint density at radius 3 is 1.57 bits per heavy atom.